The Hall–Kier alpha value is -4.26. The Labute approximate surface area is 191 Å². The Kier molecular flexibility index (Phi) is 5.55. The van der Waals surface area contributed by atoms with Crippen molar-refractivity contribution in [1.29, 1.82) is 5.26 Å². The molecule has 10 heteroatoms. The topological polar surface area (TPSA) is 135 Å². The summed E-state index contributed by atoms with van der Waals surface area (Å²) in [6, 6.07) is 8.05. The number of amidine groups is 1. The van der Waals surface area contributed by atoms with Crippen molar-refractivity contribution in [3.8, 4) is 23.2 Å². The number of amides is 1. The molecular weight excluding hydrogens is 420 g/mol. The van der Waals surface area contributed by atoms with E-state index < -0.39 is 6.10 Å². The Morgan fingerprint density at radius 2 is 2.12 bits per heavy atom. The van der Waals surface area contributed by atoms with E-state index in [1.807, 2.05) is 44.0 Å². The molecule has 1 atom stereocenters. The summed E-state index contributed by atoms with van der Waals surface area (Å²) >= 11 is 0. The second kappa shape index (κ2) is 8.35. The number of carbonyl (C=O) groups is 1. The van der Waals surface area contributed by atoms with Crippen molar-refractivity contribution < 1.29 is 9.53 Å². The van der Waals surface area contributed by atoms with E-state index in [1.165, 1.54) is 17.8 Å². The van der Waals surface area contributed by atoms with Gasteiger partial charge in [-0.2, -0.15) is 15.4 Å². The summed E-state index contributed by atoms with van der Waals surface area (Å²) in [7, 11) is 3.52. The quantitative estimate of drug-likeness (QED) is 0.559. The van der Waals surface area contributed by atoms with E-state index in [1.54, 1.807) is 7.05 Å². The van der Waals surface area contributed by atoms with Crippen LogP contribution in [0.25, 0.3) is 11.3 Å². The molecule has 2 aromatic heterocycles. The van der Waals surface area contributed by atoms with Gasteiger partial charge < -0.3 is 15.4 Å². The number of ether oxygens (including phenoxy) is 1. The van der Waals surface area contributed by atoms with E-state index in [-0.39, 0.29) is 24.1 Å². The van der Waals surface area contributed by atoms with Crippen LogP contribution >= 0.6 is 0 Å². The molecule has 2 bridgehead atoms. The number of nitrogens with zero attached hydrogens (tertiary/aromatic N) is 7. The minimum absolute atomic E-state index is 0.135. The fourth-order valence-electron chi connectivity index (χ4n) is 3.93. The van der Waals surface area contributed by atoms with Crippen LogP contribution in [0.1, 0.15) is 48.0 Å². The van der Waals surface area contributed by atoms with Crippen LogP contribution in [0.2, 0.25) is 0 Å². The van der Waals surface area contributed by atoms with Crippen LogP contribution in [0.15, 0.2) is 29.4 Å². The van der Waals surface area contributed by atoms with Crippen LogP contribution in [-0.2, 0) is 18.4 Å². The van der Waals surface area contributed by atoms with Gasteiger partial charge in [0.05, 0.1) is 29.7 Å². The molecule has 1 amide bonds. The molecule has 3 aromatic rings. The van der Waals surface area contributed by atoms with Gasteiger partial charge in [-0.3, -0.25) is 9.48 Å². The highest BCUT2D eigenvalue weighted by atomic mass is 16.5. The van der Waals surface area contributed by atoms with Gasteiger partial charge in [0.1, 0.15) is 23.7 Å². The maximum absolute atomic E-state index is 12.1. The molecule has 168 valence electrons. The number of hydrogen-bond donors (Lipinski definition) is 1. The fourth-order valence-corrected chi connectivity index (χ4v) is 3.93. The van der Waals surface area contributed by atoms with Crippen LogP contribution in [0.3, 0.4) is 0 Å². The molecule has 0 spiro atoms. The summed E-state index contributed by atoms with van der Waals surface area (Å²) in [5, 5.41) is 14.3. The van der Waals surface area contributed by atoms with Gasteiger partial charge in [-0.1, -0.05) is 23.8 Å². The SMILES string of the molecule is CC(=O)/N=C1/c2ccc(C)cc2[C@@H](C)Oc2nc(cnc2N)-c2c(nn(C)c2C#N)CN1C. The van der Waals surface area contributed by atoms with E-state index in [9.17, 15) is 10.1 Å². The third-order valence-electron chi connectivity index (χ3n) is 5.43. The maximum Gasteiger partial charge on any atom is 0.258 e. The molecule has 3 heterocycles. The first-order chi connectivity index (χ1) is 15.7. The number of aryl methyl sites for hydroxylation is 2. The molecule has 1 aromatic carbocycles. The van der Waals surface area contributed by atoms with Crippen LogP contribution in [0.5, 0.6) is 5.88 Å². The predicted molar refractivity (Wildman–Crippen MR) is 122 cm³/mol. The molecule has 0 aliphatic carbocycles. The number of carbonyl (C=O) groups excluding carboxylic acids is 1. The summed E-state index contributed by atoms with van der Waals surface area (Å²) in [5.74, 6) is 0.440. The molecule has 10 nitrogen and oxygen atoms in total. The zero-order chi connectivity index (χ0) is 23.9. The van der Waals surface area contributed by atoms with Gasteiger partial charge in [-0.05, 0) is 13.8 Å². The van der Waals surface area contributed by atoms with Crippen molar-refractivity contribution in [3.63, 3.8) is 0 Å². The summed E-state index contributed by atoms with van der Waals surface area (Å²) < 4.78 is 7.65. The van der Waals surface area contributed by atoms with Gasteiger partial charge in [0, 0.05) is 32.1 Å². The Balaban J connectivity index is 2.03. The lowest BCUT2D eigenvalue weighted by Crippen LogP contribution is -2.30. The summed E-state index contributed by atoms with van der Waals surface area (Å²) in [4.78, 5) is 27.1. The largest absolute Gasteiger partial charge is 0.467 e. The average molecular weight is 444 g/mol. The first-order valence-corrected chi connectivity index (χ1v) is 10.4. The third kappa shape index (κ3) is 4.01. The van der Waals surface area contributed by atoms with Gasteiger partial charge in [0.25, 0.3) is 5.88 Å². The highest BCUT2D eigenvalue weighted by molar-refractivity contribution is 6.05. The maximum atomic E-state index is 12.1. The van der Waals surface area contributed by atoms with Gasteiger partial charge in [0.2, 0.25) is 5.91 Å². The minimum Gasteiger partial charge on any atom is -0.467 e. The number of aromatic nitrogens is 4. The number of nitrogen functional groups attached to an aromatic ring is 1. The zero-order valence-corrected chi connectivity index (χ0v) is 19.1. The fraction of sp³-hybridized carbons (Fsp3) is 0.304. The van der Waals surface area contributed by atoms with E-state index in [4.69, 9.17) is 10.5 Å². The molecule has 0 radical (unpaired) electrons. The highest BCUT2D eigenvalue weighted by Crippen LogP contribution is 2.33. The van der Waals surface area contributed by atoms with Crippen LogP contribution in [-0.4, -0.2) is 43.4 Å². The molecule has 33 heavy (non-hydrogen) atoms. The molecule has 2 N–H and O–H groups in total. The summed E-state index contributed by atoms with van der Waals surface area (Å²) in [5.41, 5.74) is 10.5. The average Bonchev–Trinajstić information content (AvgIpc) is 3.07. The first kappa shape index (κ1) is 22.0. The molecule has 1 aliphatic heterocycles. The van der Waals surface area contributed by atoms with Gasteiger partial charge >= 0.3 is 0 Å². The standard InChI is InChI=1S/C23H24N8O2/c1-12-6-7-15-16(8-12)13(2)33-23-21(25)26-10-17(28-23)20-18(29-31(5)19(20)9-24)11-30(4)22(15)27-14(3)32/h6-8,10,13H,11H2,1-5H3,(H2,25,26)/b27-22-/t13-/m1/s1. The lowest BCUT2D eigenvalue weighted by Gasteiger charge is -2.26. The van der Waals surface area contributed by atoms with Crippen molar-refractivity contribution in [3.05, 3.63) is 52.5 Å². The number of anilines is 1. The molecule has 0 unspecified atom stereocenters. The third-order valence-corrected chi connectivity index (χ3v) is 5.43. The number of aliphatic imine (C=N–C) groups is 1. The van der Waals surface area contributed by atoms with Crippen molar-refractivity contribution in [1.82, 2.24) is 24.6 Å². The highest BCUT2D eigenvalue weighted by Gasteiger charge is 2.27. The summed E-state index contributed by atoms with van der Waals surface area (Å²) in [6.45, 7) is 5.54. The first-order valence-electron chi connectivity index (χ1n) is 10.4. The lowest BCUT2D eigenvalue weighted by molar-refractivity contribution is -0.115. The summed E-state index contributed by atoms with van der Waals surface area (Å²) in [6.07, 6.45) is 1.03. The number of hydrogen-bond acceptors (Lipinski definition) is 7. The molecule has 1 aliphatic rings. The second-order valence-electron chi connectivity index (χ2n) is 8.01. The predicted octanol–water partition coefficient (Wildman–Crippen LogP) is 2.52. The number of benzene rings is 1. The van der Waals surface area contributed by atoms with Crippen LogP contribution in [0, 0.1) is 18.3 Å². The Morgan fingerprint density at radius 1 is 1.36 bits per heavy atom. The van der Waals surface area contributed by atoms with Crippen LogP contribution in [0.4, 0.5) is 5.82 Å². The van der Waals surface area contributed by atoms with E-state index in [2.05, 4.69) is 26.1 Å². The van der Waals surface area contributed by atoms with Crippen LogP contribution < -0.4 is 10.5 Å². The number of fused-ring (bicyclic) bond motifs is 5. The molecular formula is C23H24N8O2. The number of nitriles is 1. The van der Waals surface area contributed by atoms with Crippen molar-refractivity contribution in [2.45, 2.75) is 33.4 Å². The van der Waals surface area contributed by atoms with Gasteiger partial charge in [-0.25, -0.2) is 9.97 Å². The van der Waals surface area contributed by atoms with E-state index >= 15 is 0 Å². The number of nitrogens with two attached hydrogens (primary N) is 1. The Morgan fingerprint density at radius 3 is 2.82 bits per heavy atom. The van der Waals surface area contributed by atoms with E-state index in [0.29, 0.717) is 28.5 Å². The molecule has 0 saturated heterocycles. The van der Waals surface area contributed by atoms with Crippen molar-refractivity contribution in [2.24, 2.45) is 12.0 Å². The smallest absolute Gasteiger partial charge is 0.258 e. The van der Waals surface area contributed by atoms with Gasteiger partial charge in [-0.15, -0.1) is 0 Å². The minimum atomic E-state index is -0.472. The number of rotatable bonds is 0. The second-order valence-corrected chi connectivity index (χ2v) is 8.01. The molecule has 0 fully saturated rings. The normalized spacial score (nSPS) is 16.7. The van der Waals surface area contributed by atoms with E-state index in [0.717, 1.165) is 16.7 Å². The molecule has 0 saturated carbocycles. The lowest BCUT2D eigenvalue weighted by atomic mass is 9.98. The monoisotopic (exact) mass is 444 g/mol. The van der Waals surface area contributed by atoms with Crippen molar-refractivity contribution >= 4 is 17.6 Å². The Bertz CT molecular complexity index is 1330. The molecule has 4 rings (SSSR count). The van der Waals surface area contributed by atoms with Crippen molar-refractivity contribution in [2.75, 3.05) is 12.8 Å². The van der Waals surface area contributed by atoms with Gasteiger partial charge in [0.15, 0.2) is 5.82 Å². The zero-order valence-electron chi connectivity index (χ0n) is 19.1.